The number of hydrogen-bond donors (Lipinski definition) is 1. The summed E-state index contributed by atoms with van der Waals surface area (Å²) in [5.74, 6) is 0.318. The van der Waals surface area contributed by atoms with Crippen LogP contribution in [0.15, 0.2) is 59.0 Å². The molecule has 1 amide bonds. The molecule has 0 spiro atoms. The van der Waals surface area contributed by atoms with Gasteiger partial charge in [-0.1, -0.05) is 18.2 Å². The number of hydrogen-bond acceptors (Lipinski definition) is 6. The summed E-state index contributed by atoms with van der Waals surface area (Å²) in [4.78, 5) is 24.4. The number of fused-ring (bicyclic) bond motifs is 1. The Kier molecular flexibility index (Phi) is 6.52. The van der Waals surface area contributed by atoms with Crippen molar-refractivity contribution in [3.05, 3.63) is 65.9 Å². The van der Waals surface area contributed by atoms with Gasteiger partial charge in [0.25, 0.3) is 5.91 Å². The van der Waals surface area contributed by atoms with E-state index in [1.807, 2.05) is 37.3 Å². The molecule has 1 aliphatic rings. The fourth-order valence-corrected chi connectivity index (χ4v) is 3.44. The van der Waals surface area contributed by atoms with Crippen molar-refractivity contribution in [2.24, 2.45) is 0 Å². The van der Waals surface area contributed by atoms with Crippen LogP contribution in [0, 0.1) is 0 Å². The molecule has 4 rings (SSSR count). The van der Waals surface area contributed by atoms with E-state index >= 15 is 0 Å². The number of amides is 1. The molecule has 1 aromatic heterocycles. The predicted molar refractivity (Wildman–Crippen MR) is 114 cm³/mol. The minimum Gasteiger partial charge on any atom is -0.491 e. The molecule has 31 heavy (non-hydrogen) atoms. The van der Waals surface area contributed by atoms with Gasteiger partial charge in [-0.15, -0.1) is 0 Å². The Morgan fingerprint density at radius 3 is 2.71 bits per heavy atom. The summed E-state index contributed by atoms with van der Waals surface area (Å²) in [6, 6.07) is 15.8. The van der Waals surface area contributed by atoms with Gasteiger partial charge in [0.15, 0.2) is 6.61 Å². The fraction of sp³-hybridized carbons (Fsp3) is 0.333. The molecule has 7 nitrogen and oxygen atoms in total. The molecule has 0 bridgehead atoms. The van der Waals surface area contributed by atoms with Crippen molar-refractivity contribution in [1.29, 1.82) is 0 Å². The van der Waals surface area contributed by atoms with Crippen LogP contribution in [-0.2, 0) is 14.3 Å². The molecule has 1 fully saturated rings. The monoisotopic (exact) mass is 423 g/mol. The number of ether oxygens (including phenoxy) is 3. The highest BCUT2D eigenvalue weighted by molar-refractivity contribution is 5.91. The van der Waals surface area contributed by atoms with Gasteiger partial charge >= 0.3 is 5.97 Å². The first-order chi connectivity index (χ1) is 15.1. The van der Waals surface area contributed by atoms with Gasteiger partial charge in [0.2, 0.25) is 0 Å². The van der Waals surface area contributed by atoms with Crippen LogP contribution in [0.1, 0.15) is 41.9 Å². The lowest BCUT2D eigenvalue weighted by Gasteiger charge is -2.12. The number of esters is 1. The quantitative estimate of drug-likeness (QED) is 0.551. The summed E-state index contributed by atoms with van der Waals surface area (Å²) >= 11 is 0. The first kappa shape index (κ1) is 20.9. The van der Waals surface area contributed by atoms with E-state index in [0.717, 1.165) is 30.4 Å². The minimum absolute atomic E-state index is 0.130. The number of rotatable bonds is 8. The van der Waals surface area contributed by atoms with E-state index in [1.54, 1.807) is 24.3 Å². The summed E-state index contributed by atoms with van der Waals surface area (Å²) in [7, 11) is 0. The highest BCUT2D eigenvalue weighted by atomic mass is 16.5. The molecule has 3 aromatic rings. The number of para-hydroxylation sites is 1. The van der Waals surface area contributed by atoms with Crippen LogP contribution in [0.4, 0.5) is 0 Å². The molecular formula is C24H25NO6. The summed E-state index contributed by atoms with van der Waals surface area (Å²) in [5.41, 5.74) is 1.11. The Morgan fingerprint density at radius 1 is 1.16 bits per heavy atom. The third-order valence-corrected chi connectivity index (χ3v) is 5.13. The van der Waals surface area contributed by atoms with Crippen LogP contribution < -0.4 is 10.1 Å². The number of furan rings is 1. The number of carbonyl (C=O) groups is 2. The molecule has 2 heterocycles. The Hall–Kier alpha value is -3.32. The SMILES string of the molecule is C[C@H](NC(=O)COC(=O)c1ccc(OC[C@@H]2CCCO2)cc1)c1cc2ccccc2o1. The second-order valence-corrected chi connectivity index (χ2v) is 7.52. The summed E-state index contributed by atoms with van der Waals surface area (Å²) in [5, 5.41) is 3.74. The zero-order valence-corrected chi connectivity index (χ0v) is 17.3. The molecule has 2 atom stereocenters. The Morgan fingerprint density at radius 2 is 1.97 bits per heavy atom. The largest absolute Gasteiger partial charge is 0.491 e. The number of carbonyl (C=O) groups excluding carboxylic acids is 2. The van der Waals surface area contributed by atoms with Crippen LogP contribution in [0.5, 0.6) is 5.75 Å². The van der Waals surface area contributed by atoms with Crippen LogP contribution in [0.3, 0.4) is 0 Å². The maximum atomic E-state index is 12.2. The second-order valence-electron chi connectivity index (χ2n) is 7.52. The van der Waals surface area contributed by atoms with E-state index in [1.165, 1.54) is 0 Å². The summed E-state index contributed by atoms with van der Waals surface area (Å²) in [6.45, 7) is 2.71. The maximum Gasteiger partial charge on any atom is 0.338 e. The molecule has 1 aliphatic heterocycles. The van der Waals surface area contributed by atoms with Crippen molar-refractivity contribution in [3.63, 3.8) is 0 Å². The summed E-state index contributed by atoms with van der Waals surface area (Å²) in [6.07, 6.45) is 2.19. The van der Waals surface area contributed by atoms with E-state index < -0.39 is 11.9 Å². The molecule has 0 aliphatic carbocycles. The lowest BCUT2D eigenvalue weighted by molar-refractivity contribution is -0.125. The Labute approximate surface area is 180 Å². The third-order valence-electron chi connectivity index (χ3n) is 5.13. The summed E-state index contributed by atoms with van der Waals surface area (Å²) < 4.78 is 22.1. The van der Waals surface area contributed by atoms with Crippen molar-refractivity contribution >= 4 is 22.8 Å². The highest BCUT2D eigenvalue weighted by Crippen LogP contribution is 2.23. The van der Waals surface area contributed by atoms with Crippen molar-refractivity contribution < 1.29 is 28.2 Å². The normalized spacial score (nSPS) is 16.7. The van der Waals surface area contributed by atoms with Gasteiger partial charge in [0.1, 0.15) is 23.7 Å². The predicted octanol–water partition coefficient (Wildman–Crippen LogP) is 4.02. The lowest BCUT2D eigenvalue weighted by Crippen LogP contribution is -2.31. The minimum atomic E-state index is -0.572. The standard InChI is InChI=1S/C24H25NO6/c1-16(22-13-18-5-2-3-7-21(18)31-22)25-23(26)15-30-24(27)17-8-10-19(11-9-17)29-14-20-6-4-12-28-20/h2-3,5,7-11,13,16,20H,4,6,12,14-15H2,1H3,(H,25,26)/t16-,20-/m0/s1. The molecule has 0 radical (unpaired) electrons. The van der Waals surface area contributed by atoms with Crippen molar-refractivity contribution in [2.75, 3.05) is 19.8 Å². The molecular weight excluding hydrogens is 398 g/mol. The topological polar surface area (TPSA) is 87.0 Å². The van der Waals surface area contributed by atoms with Crippen LogP contribution >= 0.6 is 0 Å². The molecule has 0 saturated carbocycles. The van der Waals surface area contributed by atoms with E-state index in [9.17, 15) is 9.59 Å². The van der Waals surface area contributed by atoms with Crippen LogP contribution in [0.25, 0.3) is 11.0 Å². The van der Waals surface area contributed by atoms with E-state index in [2.05, 4.69) is 5.32 Å². The Balaban J connectivity index is 1.23. The molecule has 1 N–H and O–H groups in total. The third kappa shape index (κ3) is 5.44. The maximum absolute atomic E-state index is 12.2. The van der Waals surface area contributed by atoms with Crippen molar-refractivity contribution in [2.45, 2.75) is 31.9 Å². The average Bonchev–Trinajstić information content (AvgIpc) is 3.46. The first-order valence-corrected chi connectivity index (χ1v) is 10.4. The molecule has 2 aromatic carbocycles. The molecule has 0 unspecified atom stereocenters. The van der Waals surface area contributed by atoms with E-state index in [-0.39, 0.29) is 18.8 Å². The average molecular weight is 423 g/mol. The second kappa shape index (κ2) is 9.66. The molecule has 7 heteroatoms. The molecule has 162 valence electrons. The van der Waals surface area contributed by atoms with Gasteiger partial charge in [0.05, 0.1) is 17.7 Å². The highest BCUT2D eigenvalue weighted by Gasteiger charge is 2.17. The zero-order chi connectivity index (χ0) is 21.6. The van der Waals surface area contributed by atoms with Gasteiger partial charge in [-0.25, -0.2) is 4.79 Å². The van der Waals surface area contributed by atoms with E-state index in [4.69, 9.17) is 18.6 Å². The van der Waals surface area contributed by atoms with Gasteiger partial charge in [-0.05, 0) is 56.2 Å². The Bertz CT molecular complexity index is 1000. The van der Waals surface area contributed by atoms with E-state index in [0.29, 0.717) is 23.7 Å². The number of benzene rings is 2. The van der Waals surface area contributed by atoms with Crippen molar-refractivity contribution in [3.8, 4) is 5.75 Å². The zero-order valence-electron chi connectivity index (χ0n) is 17.3. The van der Waals surface area contributed by atoms with Gasteiger partial charge in [-0.3, -0.25) is 4.79 Å². The van der Waals surface area contributed by atoms with Gasteiger partial charge in [-0.2, -0.15) is 0 Å². The lowest BCUT2D eigenvalue weighted by atomic mass is 10.2. The van der Waals surface area contributed by atoms with Crippen LogP contribution in [0.2, 0.25) is 0 Å². The smallest absolute Gasteiger partial charge is 0.338 e. The van der Waals surface area contributed by atoms with Crippen molar-refractivity contribution in [1.82, 2.24) is 5.32 Å². The fourth-order valence-electron chi connectivity index (χ4n) is 3.44. The van der Waals surface area contributed by atoms with Crippen LogP contribution in [-0.4, -0.2) is 37.8 Å². The molecule has 1 saturated heterocycles. The number of nitrogens with one attached hydrogen (secondary N) is 1. The van der Waals surface area contributed by atoms with Gasteiger partial charge in [0, 0.05) is 12.0 Å². The first-order valence-electron chi connectivity index (χ1n) is 10.4. The van der Waals surface area contributed by atoms with Gasteiger partial charge < -0.3 is 23.9 Å².